The second-order valence-electron chi connectivity index (χ2n) is 8.04. The van der Waals surface area contributed by atoms with Gasteiger partial charge in [0.2, 0.25) is 0 Å². The molecule has 2 aromatic heterocycles. The van der Waals surface area contributed by atoms with Crippen molar-refractivity contribution in [2.24, 2.45) is 0 Å². The summed E-state index contributed by atoms with van der Waals surface area (Å²) >= 11 is 1.66. The molecule has 1 saturated heterocycles. The summed E-state index contributed by atoms with van der Waals surface area (Å²) in [5.74, 6) is 0.471. The lowest BCUT2D eigenvalue weighted by Crippen LogP contribution is -2.48. The SMILES string of the molecule is O=[N+]([O-])c1ccc(N2CCN([C@H](c3cccs3)c3nnnn3Cc3ccc(F)cc3)CC2)cc1. The highest BCUT2D eigenvalue weighted by Crippen LogP contribution is 2.32. The number of piperazine rings is 1. The topological polar surface area (TPSA) is 93.2 Å². The first kappa shape index (κ1) is 22.1. The highest BCUT2D eigenvalue weighted by molar-refractivity contribution is 7.10. The Labute approximate surface area is 199 Å². The predicted octanol–water partition coefficient (Wildman–Crippen LogP) is 3.74. The van der Waals surface area contributed by atoms with Crippen molar-refractivity contribution in [3.05, 3.63) is 98.2 Å². The van der Waals surface area contributed by atoms with E-state index in [9.17, 15) is 14.5 Å². The Bertz CT molecular complexity index is 1240. The zero-order valence-corrected chi connectivity index (χ0v) is 19.0. The van der Waals surface area contributed by atoms with Gasteiger partial charge in [-0.05, 0) is 51.7 Å². The van der Waals surface area contributed by atoms with Crippen LogP contribution in [-0.4, -0.2) is 56.2 Å². The third kappa shape index (κ3) is 4.66. The molecule has 0 radical (unpaired) electrons. The van der Waals surface area contributed by atoms with Crippen molar-refractivity contribution in [2.75, 3.05) is 31.1 Å². The molecular formula is C23H22FN7O2S. The monoisotopic (exact) mass is 479 g/mol. The minimum atomic E-state index is -0.385. The summed E-state index contributed by atoms with van der Waals surface area (Å²) in [5, 5.41) is 25.5. The molecule has 11 heteroatoms. The normalized spacial score (nSPS) is 15.4. The second-order valence-corrected chi connectivity index (χ2v) is 9.01. The van der Waals surface area contributed by atoms with E-state index in [2.05, 4.69) is 31.4 Å². The molecule has 5 rings (SSSR count). The minimum absolute atomic E-state index is 0.0909. The molecule has 0 N–H and O–H groups in total. The van der Waals surface area contributed by atoms with Crippen LogP contribution in [0.1, 0.15) is 22.3 Å². The Morgan fingerprint density at radius 2 is 1.76 bits per heavy atom. The third-order valence-electron chi connectivity index (χ3n) is 5.97. The van der Waals surface area contributed by atoms with Crippen LogP contribution in [0, 0.1) is 15.9 Å². The molecule has 0 amide bonds. The molecule has 0 spiro atoms. The van der Waals surface area contributed by atoms with Crippen LogP contribution in [0.2, 0.25) is 0 Å². The zero-order valence-electron chi connectivity index (χ0n) is 18.2. The average Bonchev–Trinajstić information content (AvgIpc) is 3.55. The van der Waals surface area contributed by atoms with Gasteiger partial charge in [0.05, 0.1) is 11.5 Å². The van der Waals surface area contributed by atoms with Crippen molar-refractivity contribution in [1.82, 2.24) is 25.1 Å². The van der Waals surface area contributed by atoms with Crippen LogP contribution in [0.4, 0.5) is 15.8 Å². The van der Waals surface area contributed by atoms with E-state index in [0.29, 0.717) is 6.54 Å². The molecule has 0 unspecified atom stereocenters. The summed E-state index contributed by atoms with van der Waals surface area (Å²) in [6, 6.07) is 17.0. The van der Waals surface area contributed by atoms with E-state index in [-0.39, 0.29) is 22.5 Å². The molecule has 2 aromatic carbocycles. The number of thiophene rings is 1. The minimum Gasteiger partial charge on any atom is -0.369 e. The predicted molar refractivity (Wildman–Crippen MR) is 126 cm³/mol. The molecule has 0 saturated carbocycles. The lowest BCUT2D eigenvalue weighted by atomic mass is 10.1. The number of rotatable bonds is 7. The number of nitro benzene ring substituents is 1. The highest BCUT2D eigenvalue weighted by Gasteiger charge is 2.31. The number of tetrazole rings is 1. The maximum absolute atomic E-state index is 13.3. The fraction of sp³-hybridized carbons (Fsp3) is 0.261. The number of hydrogen-bond donors (Lipinski definition) is 0. The Hall–Kier alpha value is -3.70. The summed E-state index contributed by atoms with van der Waals surface area (Å²) in [5.41, 5.74) is 1.98. The maximum Gasteiger partial charge on any atom is 0.269 e. The molecule has 34 heavy (non-hydrogen) atoms. The van der Waals surface area contributed by atoms with Gasteiger partial charge in [-0.2, -0.15) is 0 Å². The number of nitrogens with zero attached hydrogens (tertiary/aromatic N) is 7. The number of aromatic nitrogens is 4. The van der Waals surface area contributed by atoms with Crippen molar-refractivity contribution in [3.8, 4) is 0 Å². The van der Waals surface area contributed by atoms with Gasteiger partial charge in [0.15, 0.2) is 5.82 Å². The number of benzene rings is 2. The Morgan fingerprint density at radius 3 is 2.41 bits per heavy atom. The maximum atomic E-state index is 13.3. The first-order valence-corrected chi connectivity index (χ1v) is 11.7. The van der Waals surface area contributed by atoms with E-state index in [1.165, 1.54) is 12.1 Å². The van der Waals surface area contributed by atoms with Gasteiger partial charge >= 0.3 is 0 Å². The van der Waals surface area contributed by atoms with Crippen molar-refractivity contribution in [2.45, 2.75) is 12.6 Å². The lowest BCUT2D eigenvalue weighted by molar-refractivity contribution is -0.384. The van der Waals surface area contributed by atoms with Crippen LogP contribution >= 0.6 is 11.3 Å². The van der Waals surface area contributed by atoms with Gasteiger partial charge in [0.25, 0.3) is 5.69 Å². The number of halogens is 1. The molecule has 3 heterocycles. The van der Waals surface area contributed by atoms with Gasteiger partial charge in [0.1, 0.15) is 11.9 Å². The number of hydrogen-bond acceptors (Lipinski definition) is 8. The van der Waals surface area contributed by atoms with Gasteiger partial charge in [-0.15, -0.1) is 16.4 Å². The van der Waals surface area contributed by atoms with E-state index >= 15 is 0 Å². The molecule has 1 atom stereocenters. The molecule has 174 valence electrons. The van der Waals surface area contributed by atoms with E-state index < -0.39 is 0 Å². The Kier molecular flexibility index (Phi) is 6.28. The average molecular weight is 480 g/mol. The zero-order chi connectivity index (χ0) is 23.5. The first-order chi connectivity index (χ1) is 16.6. The lowest BCUT2D eigenvalue weighted by Gasteiger charge is -2.39. The molecule has 4 aromatic rings. The standard InChI is InChI=1S/C23H22FN7O2S/c24-18-5-3-17(4-6-18)16-30-23(25-26-27-30)22(21-2-1-15-34-21)29-13-11-28(12-14-29)19-7-9-20(10-8-19)31(32)33/h1-10,15,22H,11-14,16H2/t22-/m1/s1. The van der Waals surface area contributed by atoms with Crippen LogP contribution in [0.15, 0.2) is 66.0 Å². The van der Waals surface area contributed by atoms with Crippen LogP contribution in [-0.2, 0) is 6.54 Å². The summed E-state index contributed by atoms with van der Waals surface area (Å²) in [7, 11) is 0. The van der Waals surface area contributed by atoms with Crippen molar-refractivity contribution in [1.29, 1.82) is 0 Å². The van der Waals surface area contributed by atoms with Crippen molar-refractivity contribution >= 4 is 22.7 Å². The number of anilines is 1. The number of non-ortho nitro benzene ring substituents is 1. The third-order valence-corrected chi connectivity index (χ3v) is 6.89. The van der Waals surface area contributed by atoms with Crippen molar-refractivity contribution < 1.29 is 9.31 Å². The van der Waals surface area contributed by atoms with E-state index in [1.54, 1.807) is 52.4 Å². The van der Waals surface area contributed by atoms with Gasteiger partial charge in [-0.1, -0.05) is 18.2 Å². The van der Waals surface area contributed by atoms with Crippen LogP contribution < -0.4 is 4.90 Å². The van der Waals surface area contributed by atoms with Gasteiger partial charge < -0.3 is 4.90 Å². The second kappa shape index (κ2) is 9.65. The quantitative estimate of drug-likeness (QED) is 0.294. The Balaban J connectivity index is 1.35. The molecule has 0 aliphatic carbocycles. The van der Waals surface area contributed by atoms with E-state index in [0.717, 1.165) is 48.1 Å². The first-order valence-electron chi connectivity index (χ1n) is 10.9. The molecule has 0 bridgehead atoms. The van der Waals surface area contributed by atoms with Gasteiger partial charge in [0, 0.05) is 48.9 Å². The smallest absolute Gasteiger partial charge is 0.269 e. The molecule has 9 nitrogen and oxygen atoms in total. The van der Waals surface area contributed by atoms with E-state index in [1.807, 2.05) is 11.4 Å². The van der Waals surface area contributed by atoms with Crippen LogP contribution in [0.3, 0.4) is 0 Å². The van der Waals surface area contributed by atoms with Crippen LogP contribution in [0.25, 0.3) is 0 Å². The van der Waals surface area contributed by atoms with Crippen LogP contribution in [0.5, 0.6) is 0 Å². The van der Waals surface area contributed by atoms with E-state index in [4.69, 9.17) is 0 Å². The highest BCUT2D eigenvalue weighted by atomic mass is 32.1. The molecular weight excluding hydrogens is 457 g/mol. The molecule has 1 aliphatic rings. The Morgan fingerprint density at radius 1 is 1.03 bits per heavy atom. The fourth-order valence-electron chi connectivity index (χ4n) is 4.22. The summed E-state index contributed by atoms with van der Waals surface area (Å²) in [6.45, 7) is 3.57. The molecule has 1 aliphatic heterocycles. The van der Waals surface area contributed by atoms with Gasteiger partial charge in [-0.25, -0.2) is 9.07 Å². The van der Waals surface area contributed by atoms with Crippen molar-refractivity contribution in [3.63, 3.8) is 0 Å². The van der Waals surface area contributed by atoms with Gasteiger partial charge in [-0.3, -0.25) is 15.0 Å². The summed E-state index contributed by atoms with van der Waals surface area (Å²) in [6.07, 6.45) is 0. The largest absolute Gasteiger partial charge is 0.369 e. The molecule has 1 fully saturated rings. The summed E-state index contributed by atoms with van der Waals surface area (Å²) in [4.78, 5) is 16.3. The number of nitro groups is 1. The fourth-order valence-corrected chi connectivity index (χ4v) is 5.08. The summed E-state index contributed by atoms with van der Waals surface area (Å²) < 4.78 is 15.1.